The van der Waals surface area contributed by atoms with E-state index in [1.807, 2.05) is 25.1 Å². The molecular weight excluding hydrogens is 240 g/mol. The van der Waals surface area contributed by atoms with E-state index in [0.29, 0.717) is 12.0 Å². The number of benzene rings is 1. The van der Waals surface area contributed by atoms with Crippen LogP contribution in [-0.2, 0) is 9.53 Å². The average Bonchev–Trinajstić information content (AvgIpc) is 2.43. The number of hydrogen-bond acceptors (Lipinski definition) is 4. The molecule has 0 spiro atoms. The van der Waals surface area contributed by atoms with Crippen LogP contribution in [0.1, 0.15) is 36.8 Å². The van der Waals surface area contributed by atoms with Crippen LogP contribution in [0.3, 0.4) is 0 Å². The lowest BCUT2D eigenvalue weighted by molar-refractivity contribution is -0.140. The minimum atomic E-state index is -0.154. The van der Waals surface area contributed by atoms with E-state index in [1.165, 1.54) is 7.11 Å². The number of ether oxygens (including phenoxy) is 1. The van der Waals surface area contributed by atoms with Crippen LogP contribution in [0.4, 0.5) is 5.69 Å². The van der Waals surface area contributed by atoms with Gasteiger partial charge in [-0.1, -0.05) is 18.6 Å². The maximum absolute atomic E-state index is 10.9. The molecule has 0 fully saturated rings. The minimum Gasteiger partial charge on any atom is -0.469 e. The highest BCUT2D eigenvalue weighted by atomic mass is 16.5. The summed E-state index contributed by atoms with van der Waals surface area (Å²) < 4.78 is 4.58. The zero-order valence-electron chi connectivity index (χ0n) is 11.5. The number of nitrogens with one attached hydrogen (secondary N) is 1. The van der Waals surface area contributed by atoms with Gasteiger partial charge in [0.25, 0.3) is 0 Å². The van der Waals surface area contributed by atoms with Gasteiger partial charge in [0.05, 0.1) is 18.4 Å². The first-order valence-corrected chi connectivity index (χ1v) is 6.49. The van der Waals surface area contributed by atoms with Gasteiger partial charge in [0.1, 0.15) is 6.07 Å². The maximum Gasteiger partial charge on any atom is 0.305 e. The van der Waals surface area contributed by atoms with Crippen LogP contribution in [0.5, 0.6) is 0 Å². The molecule has 0 radical (unpaired) electrons. The molecule has 1 aromatic rings. The van der Waals surface area contributed by atoms with E-state index in [4.69, 9.17) is 5.26 Å². The number of hydrogen-bond donors (Lipinski definition) is 1. The molecule has 0 unspecified atom stereocenters. The third kappa shape index (κ3) is 5.01. The number of esters is 1. The smallest absolute Gasteiger partial charge is 0.305 e. The van der Waals surface area contributed by atoms with E-state index < -0.39 is 0 Å². The Balaban J connectivity index is 2.30. The molecule has 0 atom stereocenters. The summed E-state index contributed by atoms with van der Waals surface area (Å²) in [6.45, 7) is 2.79. The Morgan fingerprint density at radius 1 is 1.37 bits per heavy atom. The summed E-state index contributed by atoms with van der Waals surface area (Å²) in [6.07, 6.45) is 3.25. The molecule has 0 aliphatic rings. The molecule has 0 amide bonds. The molecule has 4 heteroatoms. The Morgan fingerprint density at radius 3 is 2.84 bits per heavy atom. The Kier molecular flexibility index (Phi) is 6.45. The molecule has 0 saturated carbocycles. The van der Waals surface area contributed by atoms with Crippen molar-refractivity contribution in [2.24, 2.45) is 0 Å². The molecule has 0 aromatic heterocycles. The Bertz CT molecular complexity index is 464. The normalized spacial score (nSPS) is 9.74. The second-order valence-electron chi connectivity index (χ2n) is 4.42. The molecule has 4 nitrogen and oxygen atoms in total. The van der Waals surface area contributed by atoms with Crippen molar-refractivity contribution < 1.29 is 9.53 Å². The highest BCUT2D eigenvalue weighted by Crippen LogP contribution is 2.19. The van der Waals surface area contributed by atoms with Crippen LogP contribution in [0.15, 0.2) is 18.2 Å². The number of methoxy groups -OCH3 is 1. The Hall–Kier alpha value is -2.02. The average molecular weight is 260 g/mol. The summed E-state index contributed by atoms with van der Waals surface area (Å²) in [5, 5.41) is 12.3. The van der Waals surface area contributed by atoms with E-state index in [0.717, 1.165) is 37.1 Å². The van der Waals surface area contributed by atoms with E-state index in [9.17, 15) is 4.79 Å². The van der Waals surface area contributed by atoms with Crippen LogP contribution in [0.25, 0.3) is 0 Å². The highest BCUT2D eigenvalue weighted by molar-refractivity contribution is 5.69. The van der Waals surface area contributed by atoms with Gasteiger partial charge >= 0.3 is 5.97 Å². The van der Waals surface area contributed by atoms with Crippen molar-refractivity contribution in [2.45, 2.75) is 32.6 Å². The van der Waals surface area contributed by atoms with Crippen LogP contribution < -0.4 is 5.32 Å². The largest absolute Gasteiger partial charge is 0.469 e. The summed E-state index contributed by atoms with van der Waals surface area (Å²) in [5.41, 5.74) is 2.67. The molecule has 19 heavy (non-hydrogen) atoms. The lowest BCUT2D eigenvalue weighted by atomic mass is 10.1. The van der Waals surface area contributed by atoms with E-state index in [-0.39, 0.29) is 5.97 Å². The van der Waals surface area contributed by atoms with Gasteiger partial charge in [-0.2, -0.15) is 5.26 Å². The van der Waals surface area contributed by atoms with Crippen LogP contribution in [0, 0.1) is 18.3 Å². The van der Waals surface area contributed by atoms with Crippen molar-refractivity contribution in [2.75, 3.05) is 19.0 Å². The number of aryl methyl sites for hydroxylation is 1. The standard InChI is InChI=1S/C15H20N2O2/c1-12-7-6-8-13(11-16)15(12)17-10-5-3-4-9-14(18)19-2/h6-8,17H,3-5,9-10H2,1-2H3. The molecule has 1 N–H and O–H groups in total. The summed E-state index contributed by atoms with van der Waals surface area (Å²) >= 11 is 0. The zero-order chi connectivity index (χ0) is 14.1. The highest BCUT2D eigenvalue weighted by Gasteiger charge is 2.04. The fourth-order valence-corrected chi connectivity index (χ4v) is 1.88. The summed E-state index contributed by atoms with van der Waals surface area (Å²) in [5.74, 6) is -0.154. The van der Waals surface area contributed by atoms with Gasteiger partial charge in [-0.25, -0.2) is 0 Å². The Morgan fingerprint density at radius 2 is 2.16 bits per heavy atom. The van der Waals surface area contributed by atoms with Crippen molar-refractivity contribution in [1.82, 2.24) is 0 Å². The lowest BCUT2D eigenvalue weighted by Gasteiger charge is -2.10. The zero-order valence-corrected chi connectivity index (χ0v) is 11.5. The molecule has 1 aromatic carbocycles. The van der Waals surface area contributed by atoms with Gasteiger partial charge < -0.3 is 10.1 Å². The van der Waals surface area contributed by atoms with Gasteiger partial charge in [0.2, 0.25) is 0 Å². The second-order valence-corrected chi connectivity index (χ2v) is 4.42. The number of anilines is 1. The number of carbonyl (C=O) groups is 1. The molecular formula is C15H20N2O2. The van der Waals surface area contributed by atoms with Crippen LogP contribution >= 0.6 is 0 Å². The van der Waals surface area contributed by atoms with E-state index in [1.54, 1.807) is 0 Å². The molecule has 0 heterocycles. The fourth-order valence-electron chi connectivity index (χ4n) is 1.88. The maximum atomic E-state index is 10.9. The molecule has 0 aliphatic heterocycles. The molecule has 0 saturated heterocycles. The summed E-state index contributed by atoms with van der Waals surface area (Å²) in [7, 11) is 1.41. The van der Waals surface area contributed by atoms with Crippen molar-refractivity contribution in [3.63, 3.8) is 0 Å². The number of nitriles is 1. The van der Waals surface area contributed by atoms with Crippen molar-refractivity contribution in [1.29, 1.82) is 5.26 Å². The van der Waals surface area contributed by atoms with Crippen molar-refractivity contribution in [3.05, 3.63) is 29.3 Å². The van der Waals surface area contributed by atoms with Crippen molar-refractivity contribution >= 4 is 11.7 Å². The lowest BCUT2D eigenvalue weighted by Crippen LogP contribution is -2.05. The summed E-state index contributed by atoms with van der Waals surface area (Å²) in [6, 6.07) is 7.87. The first-order valence-electron chi connectivity index (χ1n) is 6.49. The first-order chi connectivity index (χ1) is 9.19. The monoisotopic (exact) mass is 260 g/mol. The van der Waals surface area contributed by atoms with Crippen molar-refractivity contribution in [3.8, 4) is 6.07 Å². The van der Waals surface area contributed by atoms with Gasteiger partial charge in [0.15, 0.2) is 0 Å². The molecule has 0 bridgehead atoms. The molecule has 1 rings (SSSR count). The number of rotatable bonds is 7. The quantitative estimate of drug-likeness (QED) is 0.604. The van der Waals surface area contributed by atoms with Crippen LogP contribution in [-0.4, -0.2) is 19.6 Å². The van der Waals surface area contributed by atoms with E-state index in [2.05, 4.69) is 16.1 Å². The molecule has 102 valence electrons. The predicted molar refractivity (Wildman–Crippen MR) is 74.9 cm³/mol. The third-order valence-corrected chi connectivity index (χ3v) is 2.98. The topological polar surface area (TPSA) is 62.1 Å². The second kappa shape index (κ2) is 8.15. The number of nitrogens with zero attached hydrogens (tertiary/aromatic N) is 1. The Labute approximate surface area is 114 Å². The number of unbranched alkanes of at least 4 members (excludes halogenated alkanes) is 2. The van der Waals surface area contributed by atoms with E-state index >= 15 is 0 Å². The number of para-hydroxylation sites is 1. The predicted octanol–water partition coefficient (Wildman–Crippen LogP) is 3.01. The third-order valence-electron chi connectivity index (χ3n) is 2.98. The summed E-state index contributed by atoms with van der Waals surface area (Å²) in [4.78, 5) is 10.9. The van der Waals surface area contributed by atoms with Gasteiger partial charge in [-0.15, -0.1) is 0 Å². The van der Waals surface area contributed by atoms with Gasteiger partial charge in [0, 0.05) is 13.0 Å². The fraction of sp³-hybridized carbons (Fsp3) is 0.467. The first kappa shape index (κ1) is 15.0. The number of carbonyl (C=O) groups excluding carboxylic acids is 1. The van der Waals surface area contributed by atoms with Crippen LogP contribution in [0.2, 0.25) is 0 Å². The SMILES string of the molecule is COC(=O)CCCCCNc1c(C)cccc1C#N. The van der Waals surface area contributed by atoms with Gasteiger partial charge in [-0.05, 0) is 31.4 Å². The molecule has 0 aliphatic carbocycles. The minimum absolute atomic E-state index is 0.154. The van der Waals surface area contributed by atoms with Gasteiger partial charge in [-0.3, -0.25) is 4.79 Å².